The van der Waals surface area contributed by atoms with Crippen molar-refractivity contribution in [3.05, 3.63) is 115 Å². The van der Waals surface area contributed by atoms with Gasteiger partial charge in [-0.1, -0.05) is 66.7 Å². The fourth-order valence-electron chi connectivity index (χ4n) is 5.98. The number of allylic oxidation sites excluding steroid dienone is 2. The van der Waals surface area contributed by atoms with Gasteiger partial charge in [-0.05, 0) is 67.8 Å². The molecule has 1 aliphatic carbocycles. The maximum absolute atomic E-state index is 13.9. The maximum Gasteiger partial charge on any atom is 0.307 e. The van der Waals surface area contributed by atoms with E-state index >= 15 is 0 Å². The second-order valence-electron chi connectivity index (χ2n) is 10.9. The number of hydrogen-bond acceptors (Lipinski definition) is 4. The second kappa shape index (κ2) is 12.8. The van der Waals surface area contributed by atoms with Crippen LogP contribution in [0.5, 0.6) is 0 Å². The van der Waals surface area contributed by atoms with Gasteiger partial charge in [0.05, 0.1) is 11.8 Å². The normalized spacial score (nSPS) is 16.9. The number of nitrogens with zero attached hydrogens (tertiary/aromatic N) is 1. The number of carboxylic acid groups (broad SMARTS) is 1. The summed E-state index contributed by atoms with van der Waals surface area (Å²) < 4.78 is 2.28. The highest BCUT2D eigenvalue weighted by Crippen LogP contribution is 2.38. The van der Waals surface area contributed by atoms with Gasteiger partial charge >= 0.3 is 5.97 Å². The van der Waals surface area contributed by atoms with Crippen molar-refractivity contribution in [3.8, 4) is 0 Å². The van der Waals surface area contributed by atoms with Crippen LogP contribution in [0.2, 0.25) is 0 Å². The first-order chi connectivity index (χ1) is 21.4. The average Bonchev–Trinajstić information content (AvgIpc) is 3.37. The summed E-state index contributed by atoms with van der Waals surface area (Å²) in [5.74, 6) is -2.83. The molecule has 0 fully saturated rings. The number of amides is 2. The lowest BCUT2D eigenvalue weighted by Gasteiger charge is -2.24. The molecule has 2 amide bonds. The van der Waals surface area contributed by atoms with E-state index < -0.39 is 23.1 Å². The molecule has 0 saturated heterocycles. The van der Waals surface area contributed by atoms with Crippen LogP contribution in [-0.4, -0.2) is 27.5 Å². The SMILES string of the molecule is CCn1c2ccccc2c2cc(NC(=O)C(Sc3cccc(NC(=O)C4CC=CCC4C(=O)O)c3)c3ccccc3)ccc21. The molecule has 5 aromatic rings. The van der Waals surface area contributed by atoms with Crippen LogP contribution in [0, 0.1) is 11.8 Å². The van der Waals surface area contributed by atoms with Gasteiger partial charge in [0, 0.05) is 44.6 Å². The lowest BCUT2D eigenvalue weighted by molar-refractivity contribution is -0.146. The molecule has 0 radical (unpaired) electrons. The molecule has 0 saturated carbocycles. The minimum atomic E-state index is -0.967. The molecule has 1 aliphatic rings. The van der Waals surface area contributed by atoms with Crippen molar-refractivity contribution < 1.29 is 19.5 Å². The summed E-state index contributed by atoms with van der Waals surface area (Å²) >= 11 is 1.39. The Balaban J connectivity index is 1.24. The molecule has 0 aliphatic heterocycles. The number of rotatable bonds is 9. The van der Waals surface area contributed by atoms with Crippen molar-refractivity contribution in [3.63, 3.8) is 0 Å². The van der Waals surface area contributed by atoms with Gasteiger partial charge in [-0.25, -0.2) is 0 Å². The first-order valence-corrected chi connectivity index (χ1v) is 15.6. The zero-order valence-corrected chi connectivity index (χ0v) is 25.1. The van der Waals surface area contributed by atoms with Crippen LogP contribution in [0.15, 0.2) is 114 Å². The smallest absolute Gasteiger partial charge is 0.307 e. The third kappa shape index (κ3) is 5.98. The molecule has 1 aromatic heterocycles. The van der Waals surface area contributed by atoms with E-state index in [1.807, 2.05) is 84.9 Å². The number of aryl methyl sites for hydroxylation is 1. The molecular formula is C36H33N3O4S. The van der Waals surface area contributed by atoms with E-state index in [0.29, 0.717) is 18.5 Å². The Morgan fingerprint density at radius 1 is 0.795 bits per heavy atom. The topological polar surface area (TPSA) is 100 Å². The monoisotopic (exact) mass is 603 g/mol. The standard InChI is InChI=1S/C36H33N3O4S/c1-2-39-31-18-9-8-15-27(31)30-22-25(19-20-32(30)39)38-35(41)33(23-11-4-3-5-12-23)44-26-14-10-13-24(21-26)37-34(40)28-16-6-7-17-29(28)36(42)43/h3-15,18-22,28-29,33H,2,16-17H2,1H3,(H,37,40)(H,38,41)(H,42,43). The van der Waals surface area contributed by atoms with Gasteiger partial charge in [0.1, 0.15) is 5.25 Å². The predicted octanol–water partition coefficient (Wildman–Crippen LogP) is 7.89. The summed E-state index contributed by atoms with van der Waals surface area (Å²) in [5.41, 5.74) is 4.42. The van der Waals surface area contributed by atoms with Crippen LogP contribution in [0.25, 0.3) is 21.8 Å². The molecule has 1 heterocycles. The van der Waals surface area contributed by atoms with Crippen LogP contribution < -0.4 is 10.6 Å². The number of anilines is 2. The average molecular weight is 604 g/mol. The summed E-state index contributed by atoms with van der Waals surface area (Å²) in [6.07, 6.45) is 4.40. The Kier molecular flexibility index (Phi) is 8.52. The van der Waals surface area contributed by atoms with Gasteiger partial charge in [-0.15, -0.1) is 11.8 Å². The number of hydrogen-bond donors (Lipinski definition) is 3. The molecule has 44 heavy (non-hydrogen) atoms. The van der Waals surface area contributed by atoms with E-state index in [1.54, 1.807) is 6.07 Å². The first kappa shape index (κ1) is 29.3. The fourth-order valence-corrected chi connectivity index (χ4v) is 7.06. The van der Waals surface area contributed by atoms with Crippen molar-refractivity contribution in [2.24, 2.45) is 11.8 Å². The van der Waals surface area contributed by atoms with E-state index in [4.69, 9.17) is 0 Å². The van der Waals surface area contributed by atoms with Crippen molar-refractivity contribution in [1.29, 1.82) is 0 Å². The Labute approximate surface area is 260 Å². The summed E-state index contributed by atoms with van der Waals surface area (Å²) in [6.45, 7) is 2.98. The molecule has 4 aromatic carbocycles. The Morgan fingerprint density at radius 2 is 1.50 bits per heavy atom. The number of thioether (sulfide) groups is 1. The largest absolute Gasteiger partial charge is 0.481 e. The number of carbonyl (C=O) groups excluding carboxylic acids is 2. The van der Waals surface area contributed by atoms with Crippen LogP contribution in [-0.2, 0) is 20.9 Å². The molecular weight excluding hydrogens is 570 g/mol. The number of carbonyl (C=O) groups is 3. The lowest BCUT2D eigenvalue weighted by atomic mass is 9.82. The second-order valence-corrected chi connectivity index (χ2v) is 12.1. The molecule has 3 atom stereocenters. The van der Waals surface area contributed by atoms with Crippen LogP contribution >= 0.6 is 11.8 Å². The Bertz CT molecular complexity index is 1880. The quantitative estimate of drug-likeness (QED) is 0.118. The van der Waals surface area contributed by atoms with Gasteiger partial charge < -0.3 is 20.3 Å². The number of benzene rings is 4. The van der Waals surface area contributed by atoms with E-state index in [-0.39, 0.29) is 11.8 Å². The van der Waals surface area contributed by atoms with Crippen LogP contribution in [0.3, 0.4) is 0 Å². The van der Waals surface area contributed by atoms with Crippen molar-refractivity contribution >= 4 is 62.7 Å². The van der Waals surface area contributed by atoms with Gasteiger partial charge in [0.15, 0.2) is 0 Å². The Morgan fingerprint density at radius 3 is 2.27 bits per heavy atom. The van der Waals surface area contributed by atoms with Crippen LogP contribution in [0.4, 0.5) is 11.4 Å². The summed E-state index contributed by atoms with van der Waals surface area (Å²) in [5, 5.41) is 17.3. The van der Waals surface area contributed by atoms with Gasteiger partial charge in [0.25, 0.3) is 0 Å². The van der Waals surface area contributed by atoms with E-state index in [0.717, 1.165) is 44.5 Å². The maximum atomic E-state index is 13.9. The zero-order chi connectivity index (χ0) is 30.6. The number of aromatic nitrogens is 1. The van der Waals surface area contributed by atoms with Gasteiger partial charge in [-0.2, -0.15) is 0 Å². The fraction of sp³-hybridized carbons (Fsp3) is 0.194. The number of fused-ring (bicyclic) bond motifs is 3. The number of nitrogens with one attached hydrogen (secondary N) is 2. The summed E-state index contributed by atoms with van der Waals surface area (Å²) in [4.78, 5) is 39.4. The number of para-hydroxylation sites is 1. The minimum absolute atomic E-state index is 0.160. The van der Waals surface area contributed by atoms with Crippen LogP contribution in [0.1, 0.15) is 30.6 Å². The molecule has 0 spiro atoms. The highest BCUT2D eigenvalue weighted by Gasteiger charge is 2.34. The number of carboxylic acids is 1. The summed E-state index contributed by atoms with van der Waals surface area (Å²) in [7, 11) is 0. The minimum Gasteiger partial charge on any atom is -0.481 e. The van der Waals surface area contributed by atoms with Crippen molar-refractivity contribution in [2.45, 2.75) is 36.5 Å². The van der Waals surface area contributed by atoms with E-state index in [2.05, 4.69) is 40.3 Å². The molecule has 7 nitrogen and oxygen atoms in total. The molecule has 3 N–H and O–H groups in total. The van der Waals surface area contributed by atoms with E-state index in [1.165, 1.54) is 11.8 Å². The van der Waals surface area contributed by atoms with Crippen molar-refractivity contribution in [1.82, 2.24) is 4.57 Å². The number of aliphatic carboxylic acids is 1. The molecule has 6 rings (SSSR count). The van der Waals surface area contributed by atoms with E-state index in [9.17, 15) is 19.5 Å². The first-order valence-electron chi connectivity index (χ1n) is 14.7. The van der Waals surface area contributed by atoms with Crippen molar-refractivity contribution in [2.75, 3.05) is 10.6 Å². The van der Waals surface area contributed by atoms with Gasteiger partial charge in [-0.3, -0.25) is 14.4 Å². The lowest BCUT2D eigenvalue weighted by Crippen LogP contribution is -2.34. The third-order valence-electron chi connectivity index (χ3n) is 8.14. The molecule has 8 heteroatoms. The van der Waals surface area contributed by atoms with Gasteiger partial charge in [0.2, 0.25) is 11.8 Å². The molecule has 222 valence electrons. The highest BCUT2D eigenvalue weighted by molar-refractivity contribution is 8.00. The molecule has 0 bridgehead atoms. The zero-order valence-electron chi connectivity index (χ0n) is 24.3. The summed E-state index contributed by atoms with van der Waals surface area (Å²) in [6, 6.07) is 31.3. The third-order valence-corrected chi connectivity index (χ3v) is 9.39. The predicted molar refractivity (Wildman–Crippen MR) is 177 cm³/mol. The Hall–Kier alpha value is -4.82. The highest BCUT2D eigenvalue weighted by atomic mass is 32.2. The molecule has 3 unspecified atom stereocenters.